The van der Waals surface area contributed by atoms with Gasteiger partial charge in [-0.1, -0.05) is 30.3 Å². The average molecular weight is 270 g/mol. The second kappa shape index (κ2) is 6.42. The second-order valence-electron chi connectivity index (χ2n) is 4.49. The van der Waals surface area contributed by atoms with Gasteiger partial charge in [0.15, 0.2) is 6.29 Å². The fourth-order valence-electron chi connectivity index (χ4n) is 1.96. The summed E-state index contributed by atoms with van der Waals surface area (Å²) in [6.07, 6.45) is -6.17. The lowest BCUT2D eigenvalue weighted by atomic mass is 9.99. The van der Waals surface area contributed by atoms with Gasteiger partial charge in [-0.2, -0.15) is 0 Å². The first-order valence-electron chi connectivity index (χ1n) is 6.09. The van der Waals surface area contributed by atoms with Crippen LogP contribution in [0.2, 0.25) is 0 Å². The minimum atomic E-state index is -1.41. The largest absolute Gasteiger partial charge is 0.394 e. The molecular weight excluding hydrogens is 252 g/mol. The van der Waals surface area contributed by atoms with E-state index in [1.807, 2.05) is 30.3 Å². The van der Waals surface area contributed by atoms with Crippen molar-refractivity contribution >= 4 is 0 Å². The SMILES string of the molecule is OC[C@H]1O[C@@H](OCc2ccccc2)[C@H](O)[C@@H](O)[C@H]1O. The van der Waals surface area contributed by atoms with Crippen molar-refractivity contribution in [3.05, 3.63) is 35.9 Å². The minimum absolute atomic E-state index is 0.198. The molecular formula is C13H18O6. The van der Waals surface area contributed by atoms with Gasteiger partial charge in [-0.05, 0) is 5.56 Å². The van der Waals surface area contributed by atoms with Crippen molar-refractivity contribution in [3.63, 3.8) is 0 Å². The van der Waals surface area contributed by atoms with Crippen molar-refractivity contribution in [2.45, 2.75) is 37.3 Å². The summed E-state index contributed by atoms with van der Waals surface area (Å²) in [6, 6.07) is 9.28. The van der Waals surface area contributed by atoms with E-state index in [1.165, 1.54) is 0 Å². The lowest BCUT2D eigenvalue weighted by molar-refractivity contribution is -0.304. The van der Waals surface area contributed by atoms with E-state index >= 15 is 0 Å². The maximum Gasteiger partial charge on any atom is 0.187 e. The van der Waals surface area contributed by atoms with Gasteiger partial charge >= 0.3 is 0 Å². The number of aliphatic hydroxyl groups excluding tert-OH is 4. The fraction of sp³-hybridized carbons (Fsp3) is 0.538. The quantitative estimate of drug-likeness (QED) is 0.560. The van der Waals surface area contributed by atoms with E-state index in [0.717, 1.165) is 5.56 Å². The van der Waals surface area contributed by atoms with Crippen molar-refractivity contribution in [1.29, 1.82) is 0 Å². The normalized spacial score (nSPS) is 35.3. The Balaban J connectivity index is 1.95. The molecule has 19 heavy (non-hydrogen) atoms. The molecule has 0 amide bonds. The van der Waals surface area contributed by atoms with Crippen LogP contribution in [0.15, 0.2) is 30.3 Å². The Kier molecular flexibility index (Phi) is 4.87. The van der Waals surface area contributed by atoms with Gasteiger partial charge in [0.1, 0.15) is 24.4 Å². The summed E-state index contributed by atoms with van der Waals surface area (Å²) in [5.41, 5.74) is 0.888. The third kappa shape index (κ3) is 3.30. The number of hydrogen-bond acceptors (Lipinski definition) is 6. The zero-order valence-electron chi connectivity index (χ0n) is 10.3. The molecule has 0 aromatic heterocycles. The lowest BCUT2D eigenvalue weighted by Gasteiger charge is -2.39. The van der Waals surface area contributed by atoms with Gasteiger partial charge in [-0.3, -0.25) is 0 Å². The highest BCUT2D eigenvalue weighted by Crippen LogP contribution is 2.22. The maximum absolute atomic E-state index is 9.76. The second-order valence-corrected chi connectivity index (χ2v) is 4.49. The third-order valence-corrected chi connectivity index (χ3v) is 3.11. The highest BCUT2D eigenvalue weighted by molar-refractivity contribution is 5.13. The summed E-state index contributed by atoms with van der Waals surface area (Å²) in [4.78, 5) is 0. The highest BCUT2D eigenvalue weighted by Gasteiger charge is 2.43. The maximum atomic E-state index is 9.76. The van der Waals surface area contributed by atoms with Crippen molar-refractivity contribution in [1.82, 2.24) is 0 Å². The van der Waals surface area contributed by atoms with Gasteiger partial charge in [-0.15, -0.1) is 0 Å². The van der Waals surface area contributed by atoms with E-state index in [0.29, 0.717) is 0 Å². The Labute approximate surface area is 110 Å². The number of hydrogen-bond donors (Lipinski definition) is 4. The van der Waals surface area contributed by atoms with Gasteiger partial charge in [-0.25, -0.2) is 0 Å². The minimum Gasteiger partial charge on any atom is -0.394 e. The molecule has 1 aromatic rings. The summed E-state index contributed by atoms with van der Waals surface area (Å²) in [5.74, 6) is 0. The standard InChI is InChI=1S/C13H18O6/c14-6-9-10(15)11(16)12(17)13(19-9)18-7-8-4-2-1-3-5-8/h1-5,9-17H,6-7H2/t9-,10+,11+,12-,13-/m1/s1. The monoisotopic (exact) mass is 270 g/mol. The number of aliphatic hydroxyl groups is 4. The summed E-state index contributed by atoms with van der Waals surface area (Å²) in [6.45, 7) is -0.264. The van der Waals surface area contributed by atoms with Crippen LogP contribution in [0.4, 0.5) is 0 Å². The van der Waals surface area contributed by atoms with Crippen LogP contribution in [0, 0.1) is 0 Å². The molecule has 0 radical (unpaired) electrons. The molecule has 0 spiro atoms. The summed E-state index contributed by atoms with van der Waals surface area (Å²) < 4.78 is 10.6. The molecule has 0 aliphatic carbocycles. The van der Waals surface area contributed by atoms with E-state index in [4.69, 9.17) is 14.6 Å². The van der Waals surface area contributed by atoms with Crippen molar-refractivity contribution < 1.29 is 29.9 Å². The van der Waals surface area contributed by atoms with Crippen LogP contribution < -0.4 is 0 Å². The summed E-state index contributed by atoms with van der Waals surface area (Å²) in [5, 5.41) is 38.0. The van der Waals surface area contributed by atoms with Crippen LogP contribution >= 0.6 is 0 Å². The molecule has 1 heterocycles. The third-order valence-electron chi connectivity index (χ3n) is 3.11. The number of benzene rings is 1. The summed E-state index contributed by atoms with van der Waals surface area (Å²) in [7, 11) is 0. The topological polar surface area (TPSA) is 99.4 Å². The van der Waals surface area contributed by atoms with Crippen LogP contribution in [0.25, 0.3) is 0 Å². The molecule has 5 atom stereocenters. The lowest BCUT2D eigenvalue weighted by Crippen LogP contribution is -2.59. The Hall–Kier alpha value is -1.02. The Bertz CT molecular complexity index is 382. The molecule has 6 nitrogen and oxygen atoms in total. The van der Waals surface area contributed by atoms with Gasteiger partial charge in [0.05, 0.1) is 13.2 Å². The van der Waals surface area contributed by atoms with Gasteiger partial charge in [0.25, 0.3) is 0 Å². The molecule has 0 saturated carbocycles. The molecule has 2 rings (SSSR count). The van der Waals surface area contributed by atoms with Gasteiger partial charge < -0.3 is 29.9 Å². The molecule has 1 saturated heterocycles. The molecule has 0 unspecified atom stereocenters. The highest BCUT2D eigenvalue weighted by atomic mass is 16.7. The predicted octanol–water partition coefficient (Wildman–Crippen LogP) is -0.997. The molecule has 1 fully saturated rings. The van der Waals surface area contributed by atoms with Crippen LogP contribution in [-0.4, -0.2) is 57.7 Å². The zero-order valence-corrected chi connectivity index (χ0v) is 10.3. The van der Waals surface area contributed by atoms with E-state index in [9.17, 15) is 15.3 Å². The van der Waals surface area contributed by atoms with Crippen molar-refractivity contribution in [3.8, 4) is 0 Å². The smallest absolute Gasteiger partial charge is 0.187 e. The Morgan fingerprint density at radius 2 is 1.68 bits per heavy atom. The molecule has 6 heteroatoms. The van der Waals surface area contributed by atoms with Crippen molar-refractivity contribution in [2.75, 3.05) is 6.61 Å². The molecule has 106 valence electrons. The van der Waals surface area contributed by atoms with Crippen LogP contribution in [0.5, 0.6) is 0 Å². The van der Waals surface area contributed by atoms with Gasteiger partial charge in [0, 0.05) is 0 Å². The van der Waals surface area contributed by atoms with E-state index in [-0.39, 0.29) is 6.61 Å². The molecule has 1 aromatic carbocycles. The van der Waals surface area contributed by atoms with Crippen LogP contribution in [-0.2, 0) is 16.1 Å². The molecule has 1 aliphatic rings. The van der Waals surface area contributed by atoms with E-state index < -0.39 is 37.3 Å². The van der Waals surface area contributed by atoms with Crippen LogP contribution in [0.3, 0.4) is 0 Å². The fourth-order valence-corrected chi connectivity index (χ4v) is 1.96. The molecule has 4 N–H and O–H groups in total. The average Bonchev–Trinajstić information content (AvgIpc) is 2.45. The first kappa shape index (κ1) is 14.4. The first-order valence-corrected chi connectivity index (χ1v) is 6.09. The van der Waals surface area contributed by atoms with E-state index in [1.54, 1.807) is 0 Å². The Morgan fingerprint density at radius 1 is 1.00 bits per heavy atom. The first-order chi connectivity index (χ1) is 9.13. The van der Waals surface area contributed by atoms with Gasteiger partial charge in [0.2, 0.25) is 0 Å². The number of rotatable bonds is 4. The summed E-state index contributed by atoms with van der Waals surface area (Å²) >= 11 is 0. The predicted molar refractivity (Wildman–Crippen MR) is 65.0 cm³/mol. The zero-order chi connectivity index (χ0) is 13.8. The molecule has 0 bridgehead atoms. The number of ether oxygens (including phenoxy) is 2. The van der Waals surface area contributed by atoms with E-state index in [2.05, 4.69) is 0 Å². The molecule has 1 aliphatic heterocycles. The Morgan fingerprint density at radius 3 is 2.32 bits per heavy atom. The van der Waals surface area contributed by atoms with Crippen molar-refractivity contribution in [2.24, 2.45) is 0 Å². The van der Waals surface area contributed by atoms with Crippen LogP contribution in [0.1, 0.15) is 5.56 Å².